The lowest BCUT2D eigenvalue weighted by Gasteiger charge is -2.16. The SMILES string of the molecule is [2H]c1c(CNc2cc(OC([2H])([2H])[2H])c(OC([2H])([2H])[2H])c(OC([2H])([2H])[2H])c2)c(C([2H])([2H])[2H])c2c(N)nc(N)nc2c1[2H]. The van der Waals surface area contributed by atoms with Crippen molar-refractivity contribution in [2.45, 2.75) is 13.4 Å². The maximum atomic E-state index is 8.46. The van der Waals surface area contributed by atoms with Crippen molar-refractivity contribution in [1.29, 1.82) is 0 Å². The fraction of sp³-hybridized carbons (Fsp3) is 0.263. The number of nitrogens with two attached hydrogens (primary N) is 2. The molecule has 0 saturated heterocycles. The minimum absolute atomic E-state index is 0.162. The van der Waals surface area contributed by atoms with Gasteiger partial charge in [-0.1, -0.05) is 6.04 Å². The summed E-state index contributed by atoms with van der Waals surface area (Å²) in [5.74, 6) is -3.04. The van der Waals surface area contributed by atoms with Crippen LogP contribution in [0.4, 0.5) is 17.5 Å². The number of anilines is 3. The van der Waals surface area contributed by atoms with Gasteiger partial charge >= 0.3 is 0 Å². The van der Waals surface area contributed by atoms with Crippen LogP contribution in [0.2, 0.25) is 0 Å². The number of aromatic nitrogens is 2. The lowest BCUT2D eigenvalue weighted by Crippen LogP contribution is -2.06. The first-order valence-electron chi connectivity index (χ1n) is 14.3. The molecule has 0 aliphatic rings. The number of nitrogens with one attached hydrogen (secondary N) is 1. The van der Waals surface area contributed by atoms with Crippen LogP contribution in [-0.4, -0.2) is 31.1 Å². The van der Waals surface area contributed by atoms with E-state index in [0.717, 1.165) is 12.1 Å². The van der Waals surface area contributed by atoms with Gasteiger partial charge in [0.05, 0.1) is 41.7 Å². The minimum Gasteiger partial charge on any atom is -0.493 e. The first kappa shape index (κ1) is 7.67. The minimum atomic E-state index is -3.18. The zero-order chi connectivity index (χ0) is 31.3. The van der Waals surface area contributed by atoms with Gasteiger partial charge in [-0.2, -0.15) is 4.98 Å². The molecule has 0 fully saturated rings. The topological polar surface area (TPSA) is 118 Å². The Morgan fingerprint density at radius 3 is 2.48 bits per heavy atom. The summed E-state index contributed by atoms with van der Waals surface area (Å²) >= 11 is 0. The summed E-state index contributed by atoms with van der Waals surface area (Å²) in [6.45, 7) is -3.41. The lowest BCUT2D eigenvalue weighted by molar-refractivity contribution is 0.324. The summed E-state index contributed by atoms with van der Waals surface area (Å²) in [5, 5.41) is 2.47. The summed E-state index contributed by atoms with van der Waals surface area (Å²) in [6.07, 6.45) is 0. The quantitative estimate of drug-likeness (QED) is 0.595. The number of aryl methyl sites for hydroxylation is 1. The molecule has 1 heterocycles. The Morgan fingerprint density at radius 2 is 1.81 bits per heavy atom. The Kier molecular flexibility index (Phi) is 2.12. The molecule has 0 aliphatic heterocycles. The first-order valence-corrected chi connectivity index (χ1v) is 7.31. The molecule has 3 aromatic rings. The largest absolute Gasteiger partial charge is 0.493 e. The summed E-state index contributed by atoms with van der Waals surface area (Å²) in [6, 6.07) is 0.817. The number of nitrogen functional groups attached to an aromatic ring is 2. The number of nitrogens with zero attached hydrogens (tertiary/aromatic N) is 2. The smallest absolute Gasteiger partial charge is 0.222 e. The van der Waals surface area contributed by atoms with Crippen LogP contribution in [0, 0.1) is 6.85 Å². The second kappa shape index (κ2) is 7.45. The molecule has 2 aromatic carbocycles. The van der Waals surface area contributed by atoms with E-state index >= 15 is 0 Å². The molecule has 0 radical (unpaired) electrons. The molecule has 0 amide bonds. The van der Waals surface area contributed by atoms with Crippen LogP contribution >= 0.6 is 0 Å². The van der Waals surface area contributed by atoms with Crippen LogP contribution in [0.3, 0.4) is 0 Å². The number of methoxy groups -OCH3 is 3. The van der Waals surface area contributed by atoms with Crippen LogP contribution in [0.5, 0.6) is 17.2 Å². The first-order chi connectivity index (χ1) is 18.5. The van der Waals surface area contributed by atoms with E-state index in [1.807, 2.05) is 0 Å². The van der Waals surface area contributed by atoms with E-state index in [-0.39, 0.29) is 33.9 Å². The van der Waals surface area contributed by atoms with Crippen molar-refractivity contribution in [2.24, 2.45) is 0 Å². The summed E-state index contributed by atoms with van der Waals surface area (Å²) in [5.41, 5.74) is 10.4. The van der Waals surface area contributed by atoms with E-state index < -0.39 is 69.4 Å². The van der Waals surface area contributed by atoms with Crippen LogP contribution in [0.1, 0.15) is 30.3 Å². The average Bonchev–Trinajstić information content (AvgIpc) is 2.74. The van der Waals surface area contributed by atoms with Gasteiger partial charge in [-0.15, -0.1) is 0 Å². The molecule has 27 heavy (non-hydrogen) atoms. The van der Waals surface area contributed by atoms with Crippen molar-refractivity contribution in [2.75, 3.05) is 37.9 Å². The second-order valence-corrected chi connectivity index (χ2v) is 5.26. The molecule has 8 nitrogen and oxygen atoms in total. The second-order valence-electron chi connectivity index (χ2n) is 5.26. The van der Waals surface area contributed by atoms with Gasteiger partial charge in [-0.25, -0.2) is 4.98 Å². The molecule has 1 aromatic heterocycles. The predicted octanol–water partition coefficient (Wildman–Crippen LogP) is 2.74. The fourth-order valence-corrected chi connectivity index (χ4v) is 2.43. The zero-order valence-corrected chi connectivity index (χ0v) is 13.6. The van der Waals surface area contributed by atoms with E-state index in [2.05, 4.69) is 15.3 Å². The molecule has 0 unspecified atom stereocenters. The van der Waals surface area contributed by atoms with Crippen molar-refractivity contribution in [3.63, 3.8) is 0 Å². The Bertz CT molecular complexity index is 1430. The van der Waals surface area contributed by atoms with E-state index in [0.29, 0.717) is 0 Å². The molecular weight excluding hydrogens is 346 g/mol. The van der Waals surface area contributed by atoms with Crippen molar-refractivity contribution >= 4 is 28.4 Å². The van der Waals surface area contributed by atoms with Gasteiger partial charge in [0.15, 0.2) is 11.5 Å². The number of hydrogen-bond acceptors (Lipinski definition) is 8. The number of hydrogen-bond donors (Lipinski definition) is 3. The summed E-state index contributed by atoms with van der Waals surface area (Å²) in [4.78, 5) is 7.64. The van der Waals surface area contributed by atoms with Gasteiger partial charge in [0.1, 0.15) is 5.82 Å². The van der Waals surface area contributed by atoms with Crippen molar-refractivity contribution in [1.82, 2.24) is 9.97 Å². The van der Waals surface area contributed by atoms with Gasteiger partial charge in [-0.3, -0.25) is 0 Å². The molecule has 5 N–H and O–H groups in total. The molecule has 0 atom stereocenters. The molecule has 142 valence electrons. The van der Waals surface area contributed by atoms with E-state index in [1.165, 1.54) is 0 Å². The summed E-state index contributed by atoms with van der Waals surface area (Å²) in [7, 11) is -9.48. The third kappa shape index (κ3) is 3.46. The Morgan fingerprint density at radius 1 is 1.07 bits per heavy atom. The van der Waals surface area contributed by atoms with Crippen LogP contribution < -0.4 is 31.0 Å². The van der Waals surface area contributed by atoms with Gasteiger partial charge in [-0.05, 0) is 24.0 Å². The fourth-order valence-electron chi connectivity index (χ4n) is 2.43. The molecule has 0 aliphatic carbocycles. The Hall–Kier alpha value is -3.42. The van der Waals surface area contributed by atoms with Crippen LogP contribution in [-0.2, 0) is 6.54 Å². The number of fused-ring (bicyclic) bond motifs is 1. The number of rotatable bonds is 6. The van der Waals surface area contributed by atoms with Gasteiger partial charge in [0.25, 0.3) is 0 Å². The standard InChI is InChI=1S/C19H23N5O3/c1-10-11(5-6-13-16(10)18(20)24-19(21)23-13)9-22-12-7-14(25-2)17(27-4)15(8-12)26-3/h5-8,22H,9H2,1-4H3,(H4,20,21,23,24)/i1D3,2D3,3D3,4D3,5D,6D. The summed E-state index contributed by atoms with van der Waals surface area (Å²) < 4.78 is 122. The molecule has 3 rings (SSSR count). The molecule has 0 bridgehead atoms. The normalized spacial score (nSPS) is 20.1. The molecule has 0 spiro atoms. The maximum Gasteiger partial charge on any atom is 0.222 e. The van der Waals surface area contributed by atoms with Crippen LogP contribution in [0.15, 0.2) is 24.2 Å². The average molecular weight is 384 g/mol. The van der Waals surface area contributed by atoms with Crippen LogP contribution in [0.25, 0.3) is 10.9 Å². The third-order valence-corrected chi connectivity index (χ3v) is 3.65. The van der Waals surface area contributed by atoms with Crippen molar-refractivity contribution < 1.29 is 33.4 Å². The maximum absolute atomic E-state index is 8.46. The number of ether oxygens (including phenoxy) is 3. The Labute approximate surface area is 177 Å². The number of benzene rings is 2. The van der Waals surface area contributed by atoms with Gasteiger partial charge in [0.2, 0.25) is 11.7 Å². The highest BCUT2D eigenvalue weighted by Gasteiger charge is 2.14. The van der Waals surface area contributed by atoms with E-state index in [9.17, 15) is 0 Å². The lowest BCUT2D eigenvalue weighted by atomic mass is 10.0. The van der Waals surface area contributed by atoms with E-state index in [4.69, 9.17) is 44.9 Å². The Balaban J connectivity index is 2.22. The predicted molar refractivity (Wildman–Crippen MR) is 107 cm³/mol. The van der Waals surface area contributed by atoms with Gasteiger partial charge < -0.3 is 31.0 Å². The van der Waals surface area contributed by atoms with Crippen molar-refractivity contribution in [3.8, 4) is 17.2 Å². The monoisotopic (exact) mass is 383 g/mol. The van der Waals surface area contributed by atoms with E-state index in [1.54, 1.807) is 0 Å². The van der Waals surface area contributed by atoms with Crippen molar-refractivity contribution in [3.05, 3.63) is 35.3 Å². The molecular formula is C19H23N5O3. The highest BCUT2D eigenvalue weighted by Crippen LogP contribution is 2.40. The highest BCUT2D eigenvalue weighted by atomic mass is 16.5. The van der Waals surface area contributed by atoms with Gasteiger partial charge in [0, 0.05) is 33.9 Å². The molecule has 0 saturated carbocycles. The highest BCUT2D eigenvalue weighted by molar-refractivity contribution is 5.92. The zero-order valence-electron chi connectivity index (χ0n) is 27.6. The molecule has 8 heteroatoms. The third-order valence-electron chi connectivity index (χ3n) is 3.65.